The summed E-state index contributed by atoms with van der Waals surface area (Å²) in [6, 6.07) is 1.60. The highest BCUT2D eigenvalue weighted by atomic mass is 28.4. The van der Waals surface area contributed by atoms with Gasteiger partial charge in [0, 0.05) is 23.2 Å². The fourth-order valence-corrected chi connectivity index (χ4v) is 11.3. The molecule has 1 aromatic heterocycles. The maximum absolute atomic E-state index is 13.1. The van der Waals surface area contributed by atoms with Gasteiger partial charge in [0.25, 0.3) is 0 Å². The summed E-state index contributed by atoms with van der Waals surface area (Å²) in [5.74, 6) is -0.0920. The third-order valence-corrected chi connectivity index (χ3v) is 17.3. The van der Waals surface area contributed by atoms with Crippen LogP contribution < -0.4 is 11.0 Å². The van der Waals surface area contributed by atoms with Gasteiger partial charge in [0.1, 0.15) is 24.1 Å². The van der Waals surface area contributed by atoms with Gasteiger partial charge in [0.05, 0.1) is 6.61 Å². The van der Waals surface area contributed by atoms with Gasteiger partial charge >= 0.3 is 14.3 Å². The molecule has 204 valence electrons. The quantitative estimate of drug-likeness (QED) is 0.540. The van der Waals surface area contributed by atoms with E-state index in [2.05, 4.69) is 85.7 Å². The van der Waals surface area contributed by atoms with Crippen LogP contribution in [0.1, 0.15) is 75.5 Å². The number of aromatic nitrogens is 2. The molecule has 3 heterocycles. The summed E-state index contributed by atoms with van der Waals surface area (Å²) in [5, 5.41) is 2.10. The lowest BCUT2D eigenvalue weighted by molar-refractivity contribution is -0.114. The largest absolute Gasteiger partial charge is 0.407 e. The first-order chi connectivity index (χ1) is 16.2. The van der Waals surface area contributed by atoms with E-state index in [0.717, 1.165) is 0 Å². The van der Waals surface area contributed by atoms with Crippen molar-refractivity contribution in [3.05, 3.63) is 22.7 Å². The molecular formula is C25H45N3O6Si2. The Hall–Kier alpha value is -1.38. The number of rotatable bonds is 4. The Morgan fingerprint density at radius 1 is 1.14 bits per heavy atom. The number of hydrogen-bond acceptors (Lipinski definition) is 7. The normalized spacial score (nSPS) is 27.0. The zero-order chi connectivity index (χ0) is 27.5. The molecule has 2 saturated heterocycles. The second-order valence-corrected chi connectivity index (χ2v) is 23.1. The van der Waals surface area contributed by atoms with Gasteiger partial charge in [-0.1, -0.05) is 62.3 Å². The molecule has 3 rings (SSSR count). The number of anilines is 1. The minimum Gasteiger partial charge on any atom is -0.407 e. The first-order valence-corrected chi connectivity index (χ1v) is 17.4. The van der Waals surface area contributed by atoms with E-state index in [1.165, 1.54) is 11.5 Å². The number of fused-ring (bicyclic) bond motifs is 1. The van der Waals surface area contributed by atoms with Crippen LogP contribution in [0.3, 0.4) is 0 Å². The van der Waals surface area contributed by atoms with Gasteiger partial charge in [-0.2, -0.15) is 4.98 Å². The van der Waals surface area contributed by atoms with E-state index in [-0.39, 0.29) is 39.0 Å². The molecule has 2 fully saturated rings. The number of nitrogens with zero attached hydrogens (tertiary/aromatic N) is 2. The minimum atomic E-state index is -2.80. The Labute approximate surface area is 217 Å². The zero-order valence-electron chi connectivity index (χ0n) is 24.0. The second kappa shape index (κ2) is 9.42. The first-order valence-electron chi connectivity index (χ1n) is 12.7. The van der Waals surface area contributed by atoms with Crippen molar-refractivity contribution in [3.8, 4) is 0 Å². The van der Waals surface area contributed by atoms with Crippen molar-refractivity contribution in [2.24, 2.45) is 0 Å². The van der Waals surface area contributed by atoms with Gasteiger partial charge in [0.2, 0.25) is 5.91 Å². The first kappa shape index (κ1) is 29.2. The molecule has 0 radical (unpaired) electrons. The predicted octanol–water partition coefficient (Wildman–Crippen LogP) is 4.95. The standard InChI is InChI=1S/C25H45N3O6Si2/c1-16(29)26-18-13-14-28(22(30)27-18)21-20(33-35(11,12)23(2,3)4)19-17(32-21)15-31-36(34-19,24(5,6)7)25(8,9)10/h13-14,17,19-21H,15H2,1-12H3,(H,26,27,29,30)/t17-,19-,20-,21-/m1/s1. The number of carbonyl (C=O) groups excluding carboxylic acids is 1. The van der Waals surface area contributed by atoms with Gasteiger partial charge in [-0.3, -0.25) is 9.36 Å². The van der Waals surface area contributed by atoms with Crippen LogP contribution in [0.15, 0.2) is 17.1 Å². The SMILES string of the molecule is CC(=O)Nc1ccn([C@@H]2O[C@@H]3CO[Si](C(C)(C)C)(C(C)(C)C)O[C@H]3[C@H]2O[Si](C)(C)C(C)(C)C)c(=O)n1. The summed E-state index contributed by atoms with van der Waals surface area (Å²) >= 11 is 0. The van der Waals surface area contributed by atoms with Crippen LogP contribution in [-0.2, 0) is 22.8 Å². The highest BCUT2D eigenvalue weighted by Gasteiger charge is 2.65. The molecule has 9 nitrogen and oxygen atoms in total. The molecule has 0 saturated carbocycles. The van der Waals surface area contributed by atoms with E-state index in [9.17, 15) is 9.59 Å². The Morgan fingerprint density at radius 2 is 1.72 bits per heavy atom. The maximum atomic E-state index is 13.1. The van der Waals surface area contributed by atoms with Gasteiger partial charge < -0.3 is 23.3 Å². The molecule has 4 atom stereocenters. The average molecular weight is 540 g/mol. The molecule has 0 aliphatic carbocycles. The molecule has 0 bridgehead atoms. The second-order valence-electron chi connectivity index (χ2n) is 13.6. The molecule has 0 unspecified atom stereocenters. The number of carbonyl (C=O) groups is 1. The van der Waals surface area contributed by atoms with E-state index >= 15 is 0 Å². The highest BCUT2D eigenvalue weighted by Crippen LogP contribution is 2.56. The van der Waals surface area contributed by atoms with Gasteiger partial charge in [0.15, 0.2) is 14.5 Å². The van der Waals surface area contributed by atoms with E-state index in [1.807, 2.05) is 0 Å². The Balaban J connectivity index is 2.08. The van der Waals surface area contributed by atoms with Crippen LogP contribution in [0.25, 0.3) is 0 Å². The molecule has 1 amide bonds. The third kappa shape index (κ3) is 5.28. The maximum Gasteiger partial charge on any atom is 0.351 e. The summed E-state index contributed by atoms with van der Waals surface area (Å²) in [5.41, 5.74) is -0.523. The fourth-order valence-electron chi connectivity index (χ4n) is 5.04. The average Bonchev–Trinajstić information content (AvgIpc) is 3.01. The molecule has 2 aliphatic heterocycles. The molecular weight excluding hydrogens is 494 g/mol. The molecule has 2 aliphatic rings. The van der Waals surface area contributed by atoms with E-state index in [1.54, 1.807) is 12.3 Å². The van der Waals surface area contributed by atoms with Crippen molar-refractivity contribution in [2.75, 3.05) is 11.9 Å². The number of amides is 1. The third-order valence-electron chi connectivity index (χ3n) is 7.66. The summed E-state index contributed by atoms with van der Waals surface area (Å²) in [4.78, 5) is 28.6. The lowest BCUT2D eigenvalue weighted by Gasteiger charge is -2.54. The van der Waals surface area contributed by atoms with Crippen molar-refractivity contribution >= 4 is 28.6 Å². The van der Waals surface area contributed by atoms with Crippen LogP contribution in [-0.4, -0.2) is 57.3 Å². The summed E-state index contributed by atoms with van der Waals surface area (Å²) in [7, 11) is -5.09. The topological polar surface area (TPSA) is 101 Å². The van der Waals surface area contributed by atoms with Crippen LogP contribution in [0.2, 0.25) is 28.2 Å². The predicted molar refractivity (Wildman–Crippen MR) is 145 cm³/mol. The van der Waals surface area contributed by atoms with Crippen molar-refractivity contribution in [1.29, 1.82) is 0 Å². The van der Waals surface area contributed by atoms with Gasteiger partial charge in [-0.05, 0) is 24.2 Å². The molecule has 1 aromatic rings. The van der Waals surface area contributed by atoms with Crippen LogP contribution in [0, 0.1) is 0 Å². The summed E-state index contributed by atoms with van der Waals surface area (Å²) in [6.45, 7) is 25.8. The van der Waals surface area contributed by atoms with Gasteiger partial charge in [-0.25, -0.2) is 4.79 Å². The summed E-state index contributed by atoms with van der Waals surface area (Å²) in [6.07, 6.45) is -0.401. The number of ether oxygens (including phenoxy) is 1. The smallest absolute Gasteiger partial charge is 0.351 e. The molecule has 1 N–H and O–H groups in total. The number of hydrogen-bond donors (Lipinski definition) is 1. The lowest BCUT2D eigenvalue weighted by atomic mass is 10.1. The van der Waals surface area contributed by atoms with Crippen LogP contribution in [0.5, 0.6) is 0 Å². The molecule has 0 aromatic carbocycles. The monoisotopic (exact) mass is 539 g/mol. The molecule has 0 spiro atoms. The van der Waals surface area contributed by atoms with Crippen molar-refractivity contribution in [3.63, 3.8) is 0 Å². The molecule has 11 heteroatoms. The van der Waals surface area contributed by atoms with Crippen molar-refractivity contribution in [1.82, 2.24) is 9.55 Å². The lowest BCUT2D eigenvalue weighted by Crippen LogP contribution is -2.66. The minimum absolute atomic E-state index is 0.0537. The zero-order valence-corrected chi connectivity index (χ0v) is 26.0. The fraction of sp³-hybridized carbons (Fsp3) is 0.800. The van der Waals surface area contributed by atoms with E-state index in [0.29, 0.717) is 6.61 Å². The van der Waals surface area contributed by atoms with Crippen molar-refractivity contribution in [2.45, 2.75) is 122 Å². The van der Waals surface area contributed by atoms with Crippen LogP contribution in [0.4, 0.5) is 5.82 Å². The Bertz CT molecular complexity index is 1020. The van der Waals surface area contributed by atoms with E-state index in [4.69, 9.17) is 18.0 Å². The van der Waals surface area contributed by atoms with Crippen molar-refractivity contribution < 1.29 is 22.8 Å². The summed E-state index contributed by atoms with van der Waals surface area (Å²) < 4.78 is 28.6. The molecule has 36 heavy (non-hydrogen) atoms. The van der Waals surface area contributed by atoms with E-state index < -0.39 is 34.9 Å². The van der Waals surface area contributed by atoms with Crippen LogP contribution >= 0.6 is 0 Å². The Kier molecular flexibility index (Phi) is 7.64. The highest BCUT2D eigenvalue weighted by molar-refractivity contribution is 6.74. The Morgan fingerprint density at radius 3 is 2.19 bits per heavy atom. The van der Waals surface area contributed by atoms with Gasteiger partial charge in [-0.15, -0.1) is 0 Å². The number of nitrogens with one attached hydrogen (secondary N) is 1.